The zero-order valence-electron chi connectivity index (χ0n) is 18.3. The lowest BCUT2D eigenvalue weighted by Crippen LogP contribution is -2.49. The summed E-state index contributed by atoms with van der Waals surface area (Å²) in [6.45, 7) is 4.86. The van der Waals surface area contributed by atoms with Gasteiger partial charge in [-0.3, -0.25) is 9.69 Å². The Morgan fingerprint density at radius 2 is 1.97 bits per heavy atom. The van der Waals surface area contributed by atoms with Gasteiger partial charge in [0.25, 0.3) is 0 Å². The molecule has 7 nitrogen and oxygen atoms in total. The van der Waals surface area contributed by atoms with Crippen LogP contribution in [0.2, 0.25) is 5.02 Å². The molecule has 32 heavy (non-hydrogen) atoms. The van der Waals surface area contributed by atoms with E-state index in [1.807, 2.05) is 36.4 Å². The largest absolute Gasteiger partial charge is 0.493 e. The van der Waals surface area contributed by atoms with Gasteiger partial charge in [0.1, 0.15) is 12.7 Å². The van der Waals surface area contributed by atoms with E-state index in [4.69, 9.17) is 21.1 Å². The fourth-order valence-corrected chi connectivity index (χ4v) is 4.48. The highest BCUT2D eigenvalue weighted by atomic mass is 35.5. The highest BCUT2D eigenvalue weighted by molar-refractivity contribution is 6.30. The number of piperazine rings is 1. The number of rotatable bonds is 8. The standard InChI is InChI=1S/C24H30ClN3O4/c1-31-22-6-5-17(18-12-24(30)26-14-18)11-23(22)32-16-21(29)15-27-7-9-28(10-8-27)20-4-2-3-19(25)13-20/h2-6,11,13,18,21,29H,7-10,12,14-16H2,1H3,(H,26,30). The van der Waals surface area contributed by atoms with Crippen molar-refractivity contribution in [1.82, 2.24) is 10.2 Å². The number of benzene rings is 2. The van der Waals surface area contributed by atoms with Crippen LogP contribution >= 0.6 is 11.6 Å². The maximum atomic E-state index is 11.5. The summed E-state index contributed by atoms with van der Waals surface area (Å²) in [7, 11) is 1.60. The lowest BCUT2D eigenvalue weighted by molar-refractivity contribution is -0.119. The fourth-order valence-electron chi connectivity index (χ4n) is 4.30. The average Bonchev–Trinajstić information content (AvgIpc) is 3.24. The number of hydrogen-bond acceptors (Lipinski definition) is 6. The fraction of sp³-hybridized carbons (Fsp3) is 0.458. The Morgan fingerprint density at radius 1 is 1.16 bits per heavy atom. The summed E-state index contributed by atoms with van der Waals surface area (Å²) in [5.41, 5.74) is 2.16. The van der Waals surface area contributed by atoms with Crippen molar-refractivity contribution in [1.29, 1.82) is 0 Å². The molecule has 1 amide bonds. The predicted octanol–water partition coefficient (Wildman–Crippen LogP) is 2.51. The molecule has 2 aliphatic rings. The Kier molecular flexibility index (Phi) is 7.40. The van der Waals surface area contributed by atoms with Gasteiger partial charge in [-0.1, -0.05) is 23.7 Å². The van der Waals surface area contributed by atoms with Crippen molar-refractivity contribution in [3.8, 4) is 11.5 Å². The maximum absolute atomic E-state index is 11.5. The summed E-state index contributed by atoms with van der Waals surface area (Å²) in [5.74, 6) is 1.41. The second-order valence-electron chi connectivity index (χ2n) is 8.35. The quantitative estimate of drug-likeness (QED) is 0.632. The molecular formula is C24H30ClN3O4. The summed E-state index contributed by atoms with van der Waals surface area (Å²) in [5, 5.41) is 14.2. The highest BCUT2D eigenvalue weighted by Crippen LogP contribution is 2.33. The van der Waals surface area contributed by atoms with Crippen molar-refractivity contribution < 1.29 is 19.4 Å². The van der Waals surface area contributed by atoms with Gasteiger partial charge in [-0.15, -0.1) is 0 Å². The van der Waals surface area contributed by atoms with E-state index in [0.29, 0.717) is 31.0 Å². The van der Waals surface area contributed by atoms with Crippen molar-refractivity contribution in [2.75, 3.05) is 57.9 Å². The van der Waals surface area contributed by atoms with Crippen LogP contribution in [-0.4, -0.2) is 75.0 Å². The Hall–Kier alpha value is -2.48. The SMILES string of the molecule is COc1ccc(C2CNC(=O)C2)cc1OCC(O)CN1CCN(c2cccc(Cl)c2)CC1. The van der Waals surface area contributed by atoms with Crippen LogP contribution in [0, 0.1) is 0 Å². The van der Waals surface area contributed by atoms with Crippen LogP contribution < -0.4 is 19.7 Å². The number of amides is 1. The van der Waals surface area contributed by atoms with E-state index in [0.717, 1.165) is 42.5 Å². The lowest BCUT2D eigenvalue weighted by atomic mass is 9.98. The maximum Gasteiger partial charge on any atom is 0.220 e. The van der Waals surface area contributed by atoms with Crippen molar-refractivity contribution in [2.24, 2.45) is 0 Å². The van der Waals surface area contributed by atoms with Gasteiger partial charge in [-0.25, -0.2) is 0 Å². The molecular weight excluding hydrogens is 430 g/mol. The minimum atomic E-state index is -0.615. The molecule has 2 fully saturated rings. The molecule has 0 aliphatic carbocycles. The van der Waals surface area contributed by atoms with Crippen LogP contribution in [0.4, 0.5) is 5.69 Å². The number of carbonyl (C=O) groups excluding carboxylic acids is 1. The third-order valence-electron chi connectivity index (χ3n) is 6.08. The molecule has 0 saturated carbocycles. The highest BCUT2D eigenvalue weighted by Gasteiger charge is 2.24. The van der Waals surface area contributed by atoms with Crippen molar-refractivity contribution >= 4 is 23.2 Å². The molecule has 2 atom stereocenters. The smallest absolute Gasteiger partial charge is 0.220 e. The Balaban J connectivity index is 1.28. The summed E-state index contributed by atoms with van der Waals surface area (Å²) < 4.78 is 11.3. The van der Waals surface area contributed by atoms with Crippen LogP contribution in [-0.2, 0) is 4.79 Å². The molecule has 2 saturated heterocycles. The topological polar surface area (TPSA) is 74.3 Å². The zero-order chi connectivity index (χ0) is 22.5. The van der Waals surface area contributed by atoms with E-state index in [2.05, 4.69) is 21.2 Å². The molecule has 2 aromatic rings. The number of nitrogens with zero attached hydrogens (tertiary/aromatic N) is 2. The number of ether oxygens (including phenoxy) is 2. The van der Waals surface area contributed by atoms with E-state index in [1.54, 1.807) is 7.11 Å². The Morgan fingerprint density at radius 3 is 2.66 bits per heavy atom. The first-order valence-corrected chi connectivity index (χ1v) is 11.4. The third kappa shape index (κ3) is 5.65. The van der Waals surface area contributed by atoms with Crippen LogP contribution in [0.25, 0.3) is 0 Å². The van der Waals surface area contributed by atoms with Gasteiger partial charge in [0.15, 0.2) is 11.5 Å². The summed E-state index contributed by atoms with van der Waals surface area (Å²) in [6, 6.07) is 13.6. The molecule has 0 aromatic heterocycles. The number of carbonyl (C=O) groups is 1. The van der Waals surface area contributed by atoms with Crippen LogP contribution in [0.1, 0.15) is 17.9 Å². The van der Waals surface area contributed by atoms with Gasteiger partial charge in [0, 0.05) is 62.3 Å². The van der Waals surface area contributed by atoms with E-state index < -0.39 is 6.10 Å². The molecule has 172 valence electrons. The van der Waals surface area contributed by atoms with Crippen molar-refractivity contribution in [3.63, 3.8) is 0 Å². The van der Waals surface area contributed by atoms with E-state index in [1.165, 1.54) is 0 Å². The van der Waals surface area contributed by atoms with Crippen molar-refractivity contribution in [3.05, 3.63) is 53.1 Å². The minimum Gasteiger partial charge on any atom is -0.493 e. The minimum absolute atomic E-state index is 0.0687. The van der Waals surface area contributed by atoms with Gasteiger partial charge >= 0.3 is 0 Å². The zero-order valence-corrected chi connectivity index (χ0v) is 19.1. The van der Waals surface area contributed by atoms with Gasteiger partial charge < -0.3 is 24.8 Å². The van der Waals surface area contributed by atoms with Gasteiger partial charge in [-0.2, -0.15) is 0 Å². The number of β-amino-alcohol motifs (C(OH)–C–C–N with tert-alkyl or cyclic N) is 1. The van der Waals surface area contributed by atoms with Gasteiger partial charge in [0.2, 0.25) is 5.91 Å². The molecule has 2 N–H and O–H groups in total. The second-order valence-corrected chi connectivity index (χ2v) is 8.78. The average molecular weight is 460 g/mol. The molecule has 0 spiro atoms. The van der Waals surface area contributed by atoms with Gasteiger partial charge in [0.05, 0.1) is 7.11 Å². The molecule has 8 heteroatoms. The second kappa shape index (κ2) is 10.4. The summed E-state index contributed by atoms with van der Waals surface area (Å²) in [6.07, 6.45) is -0.133. The summed E-state index contributed by atoms with van der Waals surface area (Å²) in [4.78, 5) is 16.1. The van der Waals surface area contributed by atoms with Crippen LogP contribution in [0.3, 0.4) is 0 Å². The predicted molar refractivity (Wildman–Crippen MR) is 125 cm³/mol. The molecule has 2 aromatic carbocycles. The number of nitrogens with one attached hydrogen (secondary N) is 1. The number of methoxy groups -OCH3 is 1. The molecule has 0 bridgehead atoms. The molecule has 2 aliphatic heterocycles. The Labute approximate surface area is 193 Å². The van der Waals surface area contributed by atoms with Gasteiger partial charge in [-0.05, 0) is 35.9 Å². The first-order valence-electron chi connectivity index (χ1n) is 11.0. The van der Waals surface area contributed by atoms with E-state index >= 15 is 0 Å². The number of aliphatic hydroxyl groups excluding tert-OH is 1. The number of anilines is 1. The van der Waals surface area contributed by atoms with E-state index in [9.17, 15) is 9.90 Å². The molecule has 2 unspecified atom stereocenters. The number of halogens is 1. The Bertz CT molecular complexity index is 933. The molecule has 4 rings (SSSR count). The monoisotopic (exact) mass is 459 g/mol. The normalized spacial score (nSPS) is 20.2. The molecule has 0 radical (unpaired) electrons. The van der Waals surface area contributed by atoms with Crippen LogP contribution in [0.15, 0.2) is 42.5 Å². The molecule has 2 heterocycles. The number of hydrogen-bond donors (Lipinski definition) is 2. The van der Waals surface area contributed by atoms with Crippen molar-refractivity contribution in [2.45, 2.75) is 18.4 Å². The van der Waals surface area contributed by atoms with E-state index in [-0.39, 0.29) is 18.4 Å². The first-order chi connectivity index (χ1) is 15.5. The third-order valence-corrected chi connectivity index (χ3v) is 6.32. The lowest BCUT2D eigenvalue weighted by Gasteiger charge is -2.37. The summed E-state index contributed by atoms with van der Waals surface area (Å²) >= 11 is 6.11. The van der Waals surface area contributed by atoms with Crippen LogP contribution in [0.5, 0.6) is 11.5 Å². The number of aliphatic hydroxyl groups is 1. The first kappa shape index (κ1) is 22.7.